The molecular weight excluding hydrogens is 298 g/mol. The lowest BCUT2D eigenvalue weighted by atomic mass is 9.92. The summed E-state index contributed by atoms with van der Waals surface area (Å²) in [7, 11) is 0. The molecule has 1 saturated heterocycles. The molecule has 0 spiro atoms. The molecular formula is C14H14F2N2O4. The minimum absolute atomic E-state index is 0.0558. The molecule has 2 rings (SSSR count). The van der Waals surface area contributed by atoms with Crippen LogP contribution in [0.15, 0.2) is 24.3 Å². The number of nitrogens with zero attached hydrogens (tertiary/aromatic N) is 1. The molecule has 8 heteroatoms. The van der Waals surface area contributed by atoms with E-state index in [2.05, 4.69) is 10.1 Å². The number of hydrogen-bond acceptors (Lipinski definition) is 4. The van der Waals surface area contributed by atoms with E-state index in [1.807, 2.05) is 0 Å². The number of alkyl halides is 2. The molecule has 3 amide bonds. The summed E-state index contributed by atoms with van der Waals surface area (Å²) in [6.07, 6.45) is 0. The fourth-order valence-corrected chi connectivity index (χ4v) is 2.23. The summed E-state index contributed by atoms with van der Waals surface area (Å²) in [6, 6.07) is 4.70. The molecule has 1 fully saturated rings. The zero-order valence-electron chi connectivity index (χ0n) is 11.9. The molecule has 0 saturated carbocycles. The van der Waals surface area contributed by atoms with Crippen LogP contribution in [0, 0.1) is 0 Å². The molecule has 1 aliphatic rings. The molecule has 1 heterocycles. The second-order valence-electron chi connectivity index (χ2n) is 5.05. The largest absolute Gasteiger partial charge is 0.435 e. The minimum atomic E-state index is -2.94. The number of ether oxygens (including phenoxy) is 1. The number of hydrogen-bond donors (Lipinski definition) is 1. The molecule has 22 heavy (non-hydrogen) atoms. The molecule has 6 nitrogen and oxygen atoms in total. The van der Waals surface area contributed by atoms with Gasteiger partial charge in [0.05, 0.1) is 6.54 Å². The Kier molecular flexibility index (Phi) is 4.11. The zero-order valence-corrected chi connectivity index (χ0v) is 11.9. The molecule has 1 aromatic rings. The fourth-order valence-electron chi connectivity index (χ4n) is 2.23. The van der Waals surface area contributed by atoms with Crippen LogP contribution in [0.4, 0.5) is 13.6 Å². The van der Waals surface area contributed by atoms with Gasteiger partial charge in [-0.25, -0.2) is 4.79 Å². The normalized spacial score (nSPS) is 21.2. The van der Waals surface area contributed by atoms with Crippen molar-refractivity contribution in [2.24, 2.45) is 0 Å². The van der Waals surface area contributed by atoms with E-state index in [9.17, 15) is 23.2 Å². The SMILES string of the molecule is CC(=O)CN1C(=O)N[C@@](C)(c2ccc(OC(F)F)cc2)C1=O. The number of benzene rings is 1. The first-order valence-electron chi connectivity index (χ1n) is 6.43. The van der Waals surface area contributed by atoms with Gasteiger partial charge in [-0.05, 0) is 31.5 Å². The highest BCUT2D eigenvalue weighted by molar-refractivity contribution is 6.09. The van der Waals surface area contributed by atoms with Crippen LogP contribution in [-0.4, -0.2) is 35.8 Å². The van der Waals surface area contributed by atoms with Crippen molar-refractivity contribution in [3.8, 4) is 5.75 Å². The van der Waals surface area contributed by atoms with E-state index in [1.165, 1.54) is 38.1 Å². The maximum absolute atomic E-state index is 12.4. The quantitative estimate of drug-likeness (QED) is 0.839. The Morgan fingerprint density at radius 3 is 2.41 bits per heavy atom. The lowest BCUT2D eigenvalue weighted by Gasteiger charge is -2.22. The number of ketones is 1. The fraction of sp³-hybridized carbons (Fsp3) is 0.357. The summed E-state index contributed by atoms with van der Waals surface area (Å²) in [5.41, 5.74) is -0.950. The predicted octanol–water partition coefficient (Wildman–Crippen LogP) is 1.64. The minimum Gasteiger partial charge on any atom is -0.435 e. The van der Waals surface area contributed by atoms with E-state index >= 15 is 0 Å². The molecule has 0 radical (unpaired) electrons. The van der Waals surface area contributed by atoms with Crippen LogP contribution in [0.2, 0.25) is 0 Å². The molecule has 118 valence electrons. The van der Waals surface area contributed by atoms with Gasteiger partial charge in [0, 0.05) is 0 Å². The van der Waals surface area contributed by atoms with Gasteiger partial charge in [-0.1, -0.05) is 12.1 Å². The molecule has 0 aliphatic carbocycles. The number of nitrogens with one attached hydrogen (secondary N) is 1. The number of rotatable bonds is 5. The Bertz CT molecular complexity index is 618. The van der Waals surface area contributed by atoms with Crippen LogP contribution in [-0.2, 0) is 15.1 Å². The monoisotopic (exact) mass is 312 g/mol. The summed E-state index contributed by atoms with van der Waals surface area (Å²) >= 11 is 0. The highest BCUT2D eigenvalue weighted by Crippen LogP contribution is 2.30. The average Bonchev–Trinajstić information content (AvgIpc) is 2.63. The number of imide groups is 1. The highest BCUT2D eigenvalue weighted by atomic mass is 19.3. The Labute approximate surface area is 125 Å². The van der Waals surface area contributed by atoms with Crippen LogP contribution in [0.5, 0.6) is 5.75 Å². The number of halogens is 2. The third-order valence-electron chi connectivity index (χ3n) is 3.31. The predicted molar refractivity (Wildman–Crippen MR) is 71.4 cm³/mol. The lowest BCUT2D eigenvalue weighted by Crippen LogP contribution is -2.41. The second-order valence-corrected chi connectivity index (χ2v) is 5.05. The molecule has 0 bridgehead atoms. The van der Waals surface area contributed by atoms with Gasteiger partial charge in [0.2, 0.25) is 0 Å². The van der Waals surface area contributed by atoms with Crippen molar-refractivity contribution in [2.75, 3.05) is 6.54 Å². The van der Waals surface area contributed by atoms with E-state index < -0.39 is 24.1 Å². The highest BCUT2D eigenvalue weighted by Gasteiger charge is 2.49. The van der Waals surface area contributed by atoms with Crippen molar-refractivity contribution >= 4 is 17.7 Å². The molecule has 1 aromatic carbocycles. The van der Waals surface area contributed by atoms with E-state index in [-0.39, 0.29) is 18.1 Å². The van der Waals surface area contributed by atoms with Crippen LogP contribution >= 0.6 is 0 Å². The summed E-state index contributed by atoms with van der Waals surface area (Å²) in [5, 5.41) is 2.51. The number of carbonyl (C=O) groups excluding carboxylic acids is 3. The van der Waals surface area contributed by atoms with Crippen LogP contribution in [0.3, 0.4) is 0 Å². The number of urea groups is 1. The summed E-state index contributed by atoms with van der Waals surface area (Å²) in [6.45, 7) is -0.504. The standard InChI is InChI=1S/C14H14F2N2O4/c1-8(19)7-18-11(20)14(2,17-13(18)21)9-3-5-10(6-4-9)22-12(15)16/h3-6,12H,7H2,1-2H3,(H,17,21)/t14-/m0/s1. The van der Waals surface area contributed by atoms with Crippen LogP contribution < -0.4 is 10.1 Å². The summed E-state index contributed by atoms with van der Waals surface area (Å²) < 4.78 is 28.4. The maximum atomic E-state index is 12.4. The third kappa shape index (κ3) is 2.90. The molecule has 1 N–H and O–H groups in total. The second kappa shape index (κ2) is 5.70. The topological polar surface area (TPSA) is 75.7 Å². The molecule has 1 aliphatic heterocycles. The van der Waals surface area contributed by atoms with Gasteiger partial charge in [-0.15, -0.1) is 0 Å². The first-order chi connectivity index (χ1) is 10.2. The van der Waals surface area contributed by atoms with E-state index in [4.69, 9.17) is 0 Å². The van der Waals surface area contributed by atoms with Gasteiger partial charge < -0.3 is 10.1 Å². The maximum Gasteiger partial charge on any atom is 0.387 e. The van der Waals surface area contributed by atoms with E-state index in [0.717, 1.165) is 4.90 Å². The van der Waals surface area contributed by atoms with Gasteiger partial charge in [-0.3, -0.25) is 14.5 Å². The van der Waals surface area contributed by atoms with Crippen molar-refractivity contribution in [1.29, 1.82) is 0 Å². The lowest BCUT2D eigenvalue weighted by molar-refractivity contribution is -0.133. The van der Waals surface area contributed by atoms with E-state index in [0.29, 0.717) is 5.56 Å². The van der Waals surface area contributed by atoms with E-state index in [1.54, 1.807) is 0 Å². The zero-order chi connectivity index (χ0) is 16.5. The van der Waals surface area contributed by atoms with Crippen LogP contribution in [0.1, 0.15) is 19.4 Å². The van der Waals surface area contributed by atoms with Crippen molar-refractivity contribution in [3.05, 3.63) is 29.8 Å². The first kappa shape index (κ1) is 15.9. The average molecular weight is 312 g/mol. The Hall–Kier alpha value is -2.51. The smallest absolute Gasteiger partial charge is 0.387 e. The van der Waals surface area contributed by atoms with Crippen molar-refractivity contribution in [3.63, 3.8) is 0 Å². The van der Waals surface area contributed by atoms with Gasteiger partial charge in [0.15, 0.2) is 0 Å². The van der Waals surface area contributed by atoms with Crippen molar-refractivity contribution in [2.45, 2.75) is 26.0 Å². The Morgan fingerprint density at radius 1 is 1.32 bits per heavy atom. The molecule has 1 atom stereocenters. The van der Waals surface area contributed by atoms with Crippen molar-refractivity contribution < 1.29 is 27.9 Å². The molecule has 0 unspecified atom stereocenters. The Balaban J connectivity index is 2.25. The molecule has 0 aromatic heterocycles. The van der Waals surface area contributed by atoms with Crippen molar-refractivity contribution in [1.82, 2.24) is 10.2 Å². The third-order valence-corrected chi connectivity index (χ3v) is 3.31. The summed E-state index contributed by atoms with van der Waals surface area (Å²) in [4.78, 5) is 36.2. The van der Waals surface area contributed by atoms with Gasteiger partial charge in [0.25, 0.3) is 5.91 Å². The number of amides is 3. The van der Waals surface area contributed by atoms with Gasteiger partial charge in [0.1, 0.15) is 17.1 Å². The van der Waals surface area contributed by atoms with Gasteiger partial charge in [-0.2, -0.15) is 8.78 Å². The summed E-state index contributed by atoms with van der Waals surface area (Å²) in [5.74, 6) is -0.955. The number of carbonyl (C=O) groups is 3. The first-order valence-corrected chi connectivity index (χ1v) is 6.43. The van der Waals surface area contributed by atoms with Gasteiger partial charge >= 0.3 is 12.6 Å². The number of Topliss-reactive ketones (excluding diaryl/α,β-unsaturated/α-hetero) is 1. The van der Waals surface area contributed by atoms with Crippen LogP contribution in [0.25, 0.3) is 0 Å². The Morgan fingerprint density at radius 2 is 1.91 bits per heavy atom.